The highest BCUT2D eigenvalue weighted by Crippen LogP contribution is 2.19. The number of benzene rings is 1. The first-order chi connectivity index (χ1) is 10.2. The minimum atomic E-state index is -0.661. The second kappa shape index (κ2) is 7.88. The number of aliphatic hydroxyl groups excluding tert-OH is 1. The molecule has 1 saturated heterocycles. The summed E-state index contributed by atoms with van der Waals surface area (Å²) in [6, 6.07) is 7.40. The van der Waals surface area contributed by atoms with Crippen molar-refractivity contribution in [2.24, 2.45) is 10.7 Å². The van der Waals surface area contributed by atoms with Gasteiger partial charge in [-0.15, -0.1) is 0 Å². The average Bonchev–Trinajstić information content (AvgIpc) is 2.81. The van der Waals surface area contributed by atoms with Crippen molar-refractivity contribution in [3.63, 3.8) is 0 Å². The van der Waals surface area contributed by atoms with E-state index < -0.39 is 6.10 Å². The van der Waals surface area contributed by atoms with Gasteiger partial charge < -0.3 is 20.5 Å². The third kappa shape index (κ3) is 4.63. The highest BCUT2D eigenvalue weighted by molar-refractivity contribution is 5.78. The number of nitrogens with zero attached hydrogens (tertiary/aromatic N) is 2. The summed E-state index contributed by atoms with van der Waals surface area (Å²) >= 11 is 0. The molecule has 1 aromatic carbocycles. The molecule has 0 aromatic heterocycles. The lowest BCUT2D eigenvalue weighted by molar-refractivity contribution is 0.186. The summed E-state index contributed by atoms with van der Waals surface area (Å²) in [7, 11) is 1.61. The van der Waals surface area contributed by atoms with Crippen LogP contribution < -0.4 is 10.5 Å². The minimum Gasteiger partial charge on any atom is -0.497 e. The summed E-state index contributed by atoms with van der Waals surface area (Å²) < 4.78 is 5.16. The van der Waals surface area contributed by atoms with Crippen molar-refractivity contribution >= 4 is 5.96 Å². The first-order valence-electron chi connectivity index (χ1n) is 7.57. The van der Waals surface area contributed by atoms with Gasteiger partial charge in [-0.1, -0.05) is 25.0 Å². The van der Waals surface area contributed by atoms with Crippen LogP contribution in [0.15, 0.2) is 29.3 Å². The van der Waals surface area contributed by atoms with Crippen molar-refractivity contribution in [1.82, 2.24) is 4.90 Å². The van der Waals surface area contributed by atoms with E-state index in [1.165, 1.54) is 12.8 Å². The van der Waals surface area contributed by atoms with Gasteiger partial charge in [0.25, 0.3) is 0 Å². The van der Waals surface area contributed by atoms with Crippen LogP contribution in [-0.2, 0) is 0 Å². The van der Waals surface area contributed by atoms with Gasteiger partial charge in [0.15, 0.2) is 5.96 Å². The van der Waals surface area contributed by atoms with Crippen LogP contribution in [0.2, 0.25) is 0 Å². The van der Waals surface area contributed by atoms with Crippen molar-refractivity contribution in [2.75, 3.05) is 26.7 Å². The fourth-order valence-electron chi connectivity index (χ4n) is 2.53. The van der Waals surface area contributed by atoms with Gasteiger partial charge in [-0.2, -0.15) is 0 Å². The molecule has 0 saturated carbocycles. The highest BCUT2D eigenvalue weighted by Gasteiger charge is 2.12. The van der Waals surface area contributed by atoms with E-state index in [9.17, 15) is 5.11 Å². The molecule has 0 radical (unpaired) electrons. The molecule has 0 spiro atoms. The molecule has 5 heteroatoms. The standard InChI is InChI=1S/C16H25N3O2/c1-21-14-8-6-7-13(11-14)15(20)12-18-16(17)19-9-4-2-3-5-10-19/h6-8,11,15,20H,2-5,9-10,12H2,1H3,(H2,17,18). The Bertz CT molecular complexity index is 468. The molecule has 0 amide bonds. The zero-order chi connectivity index (χ0) is 15.1. The van der Waals surface area contributed by atoms with E-state index in [-0.39, 0.29) is 6.54 Å². The van der Waals surface area contributed by atoms with Gasteiger partial charge in [0.1, 0.15) is 5.75 Å². The third-order valence-electron chi connectivity index (χ3n) is 3.83. The van der Waals surface area contributed by atoms with E-state index in [0.29, 0.717) is 5.96 Å². The smallest absolute Gasteiger partial charge is 0.191 e. The van der Waals surface area contributed by atoms with E-state index >= 15 is 0 Å². The van der Waals surface area contributed by atoms with Crippen LogP contribution in [0.1, 0.15) is 37.4 Å². The molecule has 1 aromatic rings. The minimum absolute atomic E-state index is 0.273. The molecule has 2 rings (SSSR count). The first kappa shape index (κ1) is 15.6. The lowest BCUT2D eigenvalue weighted by Gasteiger charge is -2.21. The Kier molecular flexibility index (Phi) is 5.87. The van der Waals surface area contributed by atoms with Crippen molar-refractivity contribution in [3.05, 3.63) is 29.8 Å². The highest BCUT2D eigenvalue weighted by atomic mass is 16.5. The summed E-state index contributed by atoms with van der Waals surface area (Å²) in [5, 5.41) is 10.2. The molecular formula is C16H25N3O2. The van der Waals surface area contributed by atoms with E-state index in [0.717, 1.165) is 37.2 Å². The molecule has 116 valence electrons. The van der Waals surface area contributed by atoms with E-state index in [1.807, 2.05) is 24.3 Å². The fraction of sp³-hybridized carbons (Fsp3) is 0.562. The topological polar surface area (TPSA) is 71.1 Å². The maximum Gasteiger partial charge on any atom is 0.191 e. The zero-order valence-corrected chi connectivity index (χ0v) is 12.7. The Balaban J connectivity index is 1.94. The molecular weight excluding hydrogens is 266 g/mol. The van der Waals surface area contributed by atoms with E-state index in [1.54, 1.807) is 7.11 Å². The molecule has 1 aliphatic rings. The van der Waals surface area contributed by atoms with Gasteiger partial charge in [0, 0.05) is 13.1 Å². The quantitative estimate of drug-likeness (QED) is 0.657. The van der Waals surface area contributed by atoms with Crippen LogP contribution in [0.25, 0.3) is 0 Å². The number of aliphatic hydroxyl groups is 1. The van der Waals surface area contributed by atoms with Crippen LogP contribution in [0.5, 0.6) is 5.75 Å². The maximum absolute atomic E-state index is 10.2. The van der Waals surface area contributed by atoms with Crippen LogP contribution in [0.3, 0.4) is 0 Å². The molecule has 0 bridgehead atoms. The lowest BCUT2D eigenvalue weighted by atomic mass is 10.1. The summed E-state index contributed by atoms with van der Waals surface area (Å²) in [4.78, 5) is 6.47. The van der Waals surface area contributed by atoms with Gasteiger partial charge in [0.05, 0.1) is 19.8 Å². The van der Waals surface area contributed by atoms with E-state index in [4.69, 9.17) is 10.5 Å². The van der Waals surface area contributed by atoms with E-state index in [2.05, 4.69) is 9.89 Å². The lowest BCUT2D eigenvalue weighted by Crippen LogP contribution is -2.38. The summed E-state index contributed by atoms with van der Waals surface area (Å²) in [5.74, 6) is 1.27. The number of rotatable bonds is 4. The van der Waals surface area contributed by atoms with Gasteiger partial charge >= 0.3 is 0 Å². The number of guanidine groups is 1. The molecule has 0 aliphatic carbocycles. The third-order valence-corrected chi connectivity index (χ3v) is 3.83. The Morgan fingerprint density at radius 1 is 1.33 bits per heavy atom. The van der Waals surface area contributed by atoms with Crippen LogP contribution in [-0.4, -0.2) is 42.7 Å². The Labute approximate surface area is 126 Å². The number of nitrogens with two attached hydrogens (primary N) is 1. The summed E-state index contributed by atoms with van der Waals surface area (Å²) in [6.07, 6.45) is 4.18. The van der Waals surface area contributed by atoms with Gasteiger partial charge in [-0.3, -0.25) is 4.99 Å². The Hall–Kier alpha value is -1.75. The Morgan fingerprint density at radius 3 is 2.71 bits per heavy atom. The molecule has 1 fully saturated rings. The molecule has 1 unspecified atom stereocenters. The number of methoxy groups -OCH3 is 1. The fourth-order valence-corrected chi connectivity index (χ4v) is 2.53. The van der Waals surface area contributed by atoms with Crippen LogP contribution in [0, 0.1) is 0 Å². The van der Waals surface area contributed by atoms with Gasteiger partial charge in [0.2, 0.25) is 0 Å². The predicted octanol–water partition coefficient (Wildman–Crippen LogP) is 1.92. The maximum atomic E-state index is 10.2. The number of aliphatic imine (C=N–C) groups is 1. The Morgan fingerprint density at radius 2 is 2.05 bits per heavy atom. The van der Waals surface area contributed by atoms with Crippen molar-refractivity contribution in [2.45, 2.75) is 31.8 Å². The van der Waals surface area contributed by atoms with Crippen molar-refractivity contribution in [1.29, 1.82) is 0 Å². The number of hydrogen-bond acceptors (Lipinski definition) is 3. The zero-order valence-electron chi connectivity index (χ0n) is 12.7. The molecule has 3 N–H and O–H groups in total. The largest absolute Gasteiger partial charge is 0.497 e. The first-order valence-corrected chi connectivity index (χ1v) is 7.57. The summed E-state index contributed by atoms with van der Waals surface area (Å²) in [6.45, 7) is 2.20. The molecule has 21 heavy (non-hydrogen) atoms. The summed E-state index contributed by atoms with van der Waals surface area (Å²) in [5.41, 5.74) is 6.83. The van der Waals surface area contributed by atoms with Gasteiger partial charge in [-0.25, -0.2) is 0 Å². The molecule has 1 aliphatic heterocycles. The van der Waals surface area contributed by atoms with Gasteiger partial charge in [-0.05, 0) is 30.5 Å². The number of ether oxygens (including phenoxy) is 1. The second-order valence-electron chi connectivity index (χ2n) is 5.39. The van der Waals surface area contributed by atoms with Crippen LogP contribution in [0.4, 0.5) is 0 Å². The average molecular weight is 291 g/mol. The molecule has 1 heterocycles. The SMILES string of the molecule is COc1cccc(C(O)CN=C(N)N2CCCCCC2)c1. The van der Waals surface area contributed by atoms with Crippen molar-refractivity contribution in [3.8, 4) is 5.75 Å². The molecule has 5 nitrogen and oxygen atoms in total. The number of hydrogen-bond donors (Lipinski definition) is 2. The molecule has 1 atom stereocenters. The number of likely N-dealkylation sites (tertiary alicyclic amines) is 1. The predicted molar refractivity (Wildman–Crippen MR) is 84.5 cm³/mol. The second-order valence-corrected chi connectivity index (χ2v) is 5.39. The van der Waals surface area contributed by atoms with Crippen molar-refractivity contribution < 1.29 is 9.84 Å². The normalized spacial score (nSPS) is 18.2. The van der Waals surface area contributed by atoms with Crippen LogP contribution >= 0.6 is 0 Å². The monoisotopic (exact) mass is 291 g/mol.